The zero-order valence-electron chi connectivity index (χ0n) is 9.34. The van der Waals surface area contributed by atoms with E-state index in [1.807, 2.05) is 23.5 Å². The van der Waals surface area contributed by atoms with Crippen molar-refractivity contribution in [2.75, 3.05) is 46.0 Å². The van der Waals surface area contributed by atoms with E-state index >= 15 is 0 Å². The molecule has 1 saturated heterocycles. The van der Waals surface area contributed by atoms with Gasteiger partial charge in [0.05, 0.1) is 6.10 Å². The minimum Gasteiger partial charge on any atom is -0.391 e. The average molecular weight is 317 g/mol. The molecule has 16 heavy (non-hydrogen) atoms. The van der Waals surface area contributed by atoms with E-state index in [2.05, 4.69) is 36.2 Å². The van der Waals surface area contributed by atoms with E-state index in [1.165, 1.54) is 28.8 Å². The van der Waals surface area contributed by atoms with Crippen molar-refractivity contribution in [2.24, 2.45) is 0 Å². The molecule has 0 aromatic heterocycles. The highest BCUT2D eigenvalue weighted by molar-refractivity contribution is 8.09. The van der Waals surface area contributed by atoms with Crippen LogP contribution in [0.15, 0.2) is 0 Å². The molecule has 0 saturated carbocycles. The van der Waals surface area contributed by atoms with E-state index in [9.17, 15) is 5.11 Å². The normalized spacial score (nSPS) is 21.0. The third kappa shape index (κ3) is 9.71. The summed E-state index contributed by atoms with van der Waals surface area (Å²) in [5, 5.41) is 10.3. The molecule has 2 atom stereocenters. The van der Waals surface area contributed by atoms with Crippen LogP contribution in [0.1, 0.15) is 0 Å². The number of aliphatic hydroxyl groups excluding tert-OH is 1. The fourth-order valence-electron chi connectivity index (χ4n) is 0.989. The number of hydrogen-bond acceptors (Lipinski definition) is 6. The molecule has 0 bridgehead atoms. The molecule has 1 rings (SSSR count). The second kappa shape index (κ2) is 10.6. The Bertz CT molecular complexity index is 165. The van der Waals surface area contributed by atoms with Crippen molar-refractivity contribution in [3.8, 4) is 0 Å². The van der Waals surface area contributed by atoms with Gasteiger partial charge in [0.25, 0.3) is 0 Å². The Hall–Kier alpha value is 1.71. The van der Waals surface area contributed by atoms with Gasteiger partial charge < -0.3 is 5.11 Å². The Kier molecular flexibility index (Phi) is 10.5. The maximum absolute atomic E-state index is 9.28. The van der Waals surface area contributed by atoms with Gasteiger partial charge in [-0.2, -0.15) is 59.7 Å². The predicted octanol–water partition coefficient (Wildman–Crippen LogP) is 2.59. The molecule has 96 valence electrons. The van der Waals surface area contributed by atoms with Gasteiger partial charge in [-0.15, -0.1) is 0 Å². The number of rotatable bonds is 11. The monoisotopic (exact) mass is 316 g/mol. The molecule has 0 amide bonds. The van der Waals surface area contributed by atoms with E-state index in [-0.39, 0.29) is 6.10 Å². The van der Waals surface area contributed by atoms with E-state index in [0.717, 1.165) is 16.8 Å². The highest BCUT2D eigenvalue weighted by atomic mass is 32.2. The lowest BCUT2D eigenvalue weighted by Gasteiger charge is -2.06. The standard InChI is InChI=1S/C10H20OS5/c11-9(5-12)6-14-3-1-13-2-4-15-7-10-8-16-10/h9-12H,1-8H2. The topological polar surface area (TPSA) is 20.2 Å². The highest BCUT2D eigenvalue weighted by Gasteiger charge is 2.21. The summed E-state index contributed by atoms with van der Waals surface area (Å²) in [7, 11) is 0. The van der Waals surface area contributed by atoms with Gasteiger partial charge in [-0.3, -0.25) is 0 Å². The van der Waals surface area contributed by atoms with Crippen LogP contribution in [0.5, 0.6) is 0 Å². The molecule has 1 aliphatic rings. The van der Waals surface area contributed by atoms with Crippen molar-refractivity contribution < 1.29 is 5.11 Å². The van der Waals surface area contributed by atoms with Crippen molar-refractivity contribution in [3.05, 3.63) is 0 Å². The minimum atomic E-state index is -0.232. The molecule has 1 heterocycles. The van der Waals surface area contributed by atoms with Crippen LogP contribution >= 0.6 is 59.7 Å². The molecule has 0 aromatic rings. The number of hydrogen-bond donors (Lipinski definition) is 2. The number of aliphatic hydroxyl groups is 1. The molecule has 0 aliphatic carbocycles. The second-order valence-corrected chi connectivity index (χ2v) is 8.78. The summed E-state index contributed by atoms with van der Waals surface area (Å²) < 4.78 is 0. The van der Waals surface area contributed by atoms with Crippen LogP contribution < -0.4 is 0 Å². The molecule has 1 fully saturated rings. The van der Waals surface area contributed by atoms with Crippen molar-refractivity contribution >= 4 is 59.7 Å². The fraction of sp³-hybridized carbons (Fsp3) is 1.00. The molecule has 1 N–H and O–H groups in total. The first-order valence-electron chi connectivity index (χ1n) is 5.46. The lowest BCUT2D eigenvalue weighted by atomic mass is 10.5. The van der Waals surface area contributed by atoms with E-state index in [1.54, 1.807) is 0 Å². The van der Waals surface area contributed by atoms with Crippen LogP contribution in [0.2, 0.25) is 0 Å². The first-order chi connectivity index (χ1) is 7.83. The summed E-state index contributed by atoms with van der Waals surface area (Å²) in [6.07, 6.45) is -0.232. The van der Waals surface area contributed by atoms with Gasteiger partial charge in [-0.05, 0) is 0 Å². The Morgan fingerprint density at radius 1 is 1.19 bits per heavy atom. The molecule has 1 aliphatic heterocycles. The van der Waals surface area contributed by atoms with Gasteiger partial charge in [0.1, 0.15) is 0 Å². The molecule has 1 nitrogen and oxygen atoms in total. The fourth-order valence-corrected chi connectivity index (χ4v) is 5.56. The third-order valence-corrected chi connectivity index (χ3v) is 7.32. The SMILES string of the molecule is OC(CS)CSCCSCCSCC1CS1. The largest absolute Gasteiger partial charge is 0.391 e. The van der Waals surface area contributed by atoms with Gasteiger partial charge in [0.2, 0.25) is 0 Å². The lowest BCUT2D eigenvalue weighted by Crippen LogP contribution is -2.11. The molecule has 2 unspecified atom stereocenters. The molecular weight excluding hydrogens is 296 g/mol. The zero-order valence-corrected chi connectivity index (χ0v) is 13.5. The zero-order chi connectivity index (χ0) is 11.6. The molecule has 0 spiro atoms. The number of thioether (sulfide) groups is 4. The second-order valence-electron chi connectivity index (χ2n) is 3.55. The van der Waals surface area contributed by atoms with Crippen molar-refractivity contribution in [1.82, 2.24) is 0 Å². The lowest BCUT2D eigenvalue weighted by molar-refractivity contribution is 0.225. The van der Waals surface area contributed by atoms with Gasteiger partial charge in [-0.25, -0.2) is 0 Å². The predicted molar refractivity (Wildman–Crippen MR) is 88.1 cm³/mol. The summed E-state index contributed by atoms with van der Waals surface area (Å²) >= 11 is 12.1. The summed E-state index contributed by atoms with van der Waals surface area (Å²) in [5.41, 5.74) is 0. The van der Waals surface area contributed by atoms with Gasteiger partial charge in [-0.1, -0.05) is 0 Å². The first kappa shape index (κ1) is 15.8. The summed E-state index contributed by atoms with van der Waals surface area (Å²) in [6, 6.07) is 0. The first-order valence-corrected chi connectivity index (χ1v) is 10.6. The highest BCUT2D eigenvalue weighted by Crippen LogP contribution is 2.32. The molecular formula is C10H20OS5. The summed E-state index contributed by atoms with van der Waals surface area (Å²) in [6.45, 7) is 0. The van der Waals surface area contributed by atoms with Crippen molar-refractivity contribution in [1.29, 1.82) is 0 Å². The minimum absolute atomic E-state index is 0.232. The maximum atomic E-state index is 9.28. The smallest absolute Gasteiger partial charge is 0.0718 e. The van der Waals surface area contributed by atoms with Gasteiger partial charge in [0.15, 0.2) is 0 Å². The van der Waals surface area contributed by atoms with Crippen molar-refractivity contribution in [2.45, 2.75) is 11.4 Å². The van der Waals surface area contributed by atoms with Crippen LogP contribution in [-0.4, -0.2) is 62.5 Å². The molecule has 6 heteroatoms. The van der Waals surface area contributed by atoms with Crippen molar-refractivity contribution in [3.63, 3.8) is 0 Å². The quantitative estimate of drug-likeness (QED) is 0.346. The van der Waals surface area contributed by atoms with Crippen LogP contribution in [0, 0.1) is 0 Å². The van der Waals surface area contributed by atoms with Crippen LogP contribution in [0.25, 0.3) is 0 Å². The van der Waals surface area contributed by atoms with Crippen LogP contribution in [-0.2, 0) is 0 Å². The van der Waals surface area contributed by atoms with E-state index in [0.29, 0.717) is 5.75 Å². The van der Waals surface area contributed by atoms with Crippen LogP contribution in [0.3, 0.4) is 0 Å². The summed E-state index contributed by atoms with van der Waals surface area (Å²) in [4.78, 5) is 0. The Labute approximate surface area is 121 Å². The maximum Gasteiger partial charge on any atom is 0.0718 e. The summed E-state index contributed by atoms with van der Waals surface area (Å²) in [5.74, 6) is 9.09. The van der Waals surface area contributed by atoms with E-state index in [4.69, 9.17) is 0 Å². The molecule has 0 radical (unpaired) electrons. The van der Waals surface area contributed by atoms with Gasteiger partial charge in [0, 0.05) is 51.3 Å². The average Bonchev–Trinajstić information content (AvgIpc) is 3.10. The van der Waals surface area contributed by atoms with Crippen LogP contribution in [0.4, 0.5) is 0 Å². The number of thiol groups is 1. The molecule has 0 aromatic carbocycles. The van der Waals surface area contributed by atoms with E-state index < -0.39 is 0 Å². The Morgan fingerprint density at radius 3 is 2.44 bits per heavy atom. The Balaban J connectivity index is 1.67. The third-order valence-electron chi connectivity index (χ3n) is 1.97. The Morgan fingerprint density at radius 2 is 1.81 bits per heavy atom. The van der Waals surface area contributed by atoms with Gasteiger partial charge >= 0.3 is 0 Å².